The largest absolute Gasteiger partial charge is 0.339 e. The predicted molar refractivity (Wildman–Crippen MR) is 106 cm³/mol. The van der Waals surface area contributed by atoms with E-state index in [2.05, 4.69) is 27.3 Å². The number of fused-ring (bicyclic) bond motifs is 1. The van der Waals surface area contributed by atoms with Crippen LogP contribution >= 0.6 is 11.3 Å². The summed E-state index contributed by atoms with van der Waals surface area (Å²) in [5, 5.41) is 4.47. The zero-order valence-corrected chi connectivity index (χ0v) is 16.1. The molecular weight excluding hydrogens is 372 g/mol. The van der Waals surface area contributed by atoms with E-state index in [4.69, 9.17) is 4.52 Å². The van der Waals surface area contributed by atoms with E-state index in [1.54, 1.807) is 0 Å². The first-order valence-corrected chi connectivity index (χ1v) is 10.0. The van der Waals surface area contributed by atoms with Gasteiger partial charge in [-0.15, -0.1) is 11.3 Å². The number of hydrogen-bond donors (Lipinski definition) is 0. The fraction of sp³-hybridized carbons (Fsp3) is 0.238. The number of benzene rings is 2. The Morgan fingerprint density at radius 3 is 2.54 bits per heavy atom. The van der Waals surface area contributed by atoms with Crippen molar-refractivity contribution in [1.29, 1.82) is 0 Å². The molecule has 5 rings (SSSR count). The summed E-state index contributed by atoms with van der Waals surface area (Å²) < 4.78 is 6.49. The van der Waals surface area contributed by atoms with Crippen molar-refractivity contribution in [2.45, 2.75) is 18.8 Å². The van der Waals surface area contributed by atoms with Crippen LogP contribution in [0, 0.1) is 6.92 Å². The molecule has 0 aliphatic carbocycles. The minimum atomic E-state index is -0.0409. The molecule has 2 atom stereocenters. The lowest BCUT2D eigenvalue weighted by Gasteiger charge is -2.15. The van der Waals surface area contributed by atoms with E-state index in [9.17, 15) is 4.79 Å². The molecule has 0 radical (unpaired) electrons. The van der Waals surface area contributed by atoms with Gasteiger partial charge in [0.05, 0.1) is 16.1 Å². The highest BCUT2D eigenvalue weighted by Gasteiger charge is 2.41. The Kier molecular flexibility index (Phi) is 4.16. The molecule has 2 aromatic heterocycles. The first-order valence-electron chi connectivity index (χ1n) is 9.19. The summed E-state index contributed by atoms with van der Waals surface area (Å²) in [6, 6.07) is 18.0. The molecule has 0 spiro atoms. The van der Waals surface area contributed by atoms with E-state index in [-0.39, 0.29) is 17.7 Å². The molecule has 0 saturated carbocycles. The highest BCUT2D eigenvalue weighted by atomic mass is 32.1. The van der Waals surface area contributed by atoms with Gasteiger partial charge >= 0.3 is 0 Å². The molecule has 4 aromatic rings. The monoisotopic (exact) mass is 390 g/mol. The van der Waals surface area contributed by atoms with Crippen LogP contribution in [0.15, 0.2) is 59.1 Å². The molecule has 0 unspecified atom stereocenters. The van der Waals surface area contributed by atoms with Crippen molar-refractivity contribution in [3.63, 3.8) is 0 Å². The van der Waals surface area contributed by atoms with E-state index in [1.807, 2.05) is 54.3 Å². The van der Waals surface area contributed by atoms with E-state index >= 15 is 0 Å². The predicted octanol–water partition coefficient (Wildman–Crippen LogP) is 4.01. The second kappa shape index (κ2) is 6.83. The third-order valence-corrected chi connectivity index (χ3v) is 6.20. The van der Waals surface area contributed by atoms with Crippen molar-refractivity contribution in [1.82, 2.24) is 20.0 Å². The van der Waals surface area contributed by atoms with Crippen molar-refractivity contribution in [2.24, 2.45) is 0 Å². The van der Waals surface area contributed by atoms with Crippen molar-refractivity contribution in [3.05, 3.63) is 76.9 Å². The molecule has 0 bridgehead atoms. The number of nitrogens with zero attached hydrogens (tertiary/aromatic N) is 4. The van der Waals surface area contributed by atoms with Gasteiger partial charge in [-0.05, 0) is 24.6 Å². The van der Waals surface area contributed by atoms with Gasteiger partial charge in [-0.2, -0.15) is 4.98 Å². The summed E-state index contributed by atoms with van der Waals surface area (Å²) >= 11 is 1.44. The number of amides is 1. The minimum Gasteiger partial charge on any atom is -0.339 e. The zero-order valence-electron chi connectivity index (χ0n) is 15.3. The number of para-hydroxylation sites is 1. The Labute approximate surface area is 165 Å². The average molecular weight is 390 g/mol. The molecule has 0 N–H and O–H groups in total. The Bertz CT molecular complexity index is 1100. The van der Waals surface area contributed by atoms with Crippen LogP contribution in [0.4, 0.5) is 0 Å². The van der Waals surface area contributed by atoms with Crippen LogP contribution in [0.1, 0.15) is 38.9 Å². The smallest absolute Gasteiger partial charge is 0.282 e. The number of aryl methyl sites for hydroxylation is 1. The highest BCUT2D eigenvalue weighted by Crippen LogP contribution is 2.39. The molecule has 28 heavy (non-hydrogen) atoms. The van der Waals surface area contributed by atoms with Gasteiger partial charge in [0.1, 0.15) is 0 Å². The minimum absolute atomic E-state index is 0.0260. The Morgan fingerprint density at radius 2 is 1.79 bits per heavy atom. The summed E-state index contributed by atoms with van der Waals surface area (Å²) in [4.78, 5) is 24.0. The van der Waals surface area contributed by atoms with Gasteiger partial charge in [0.25, 0.3) is 5.91 Å². The zero-order chi connectivity index (χ0) is 19.1. The van der Waals surface area contributed by atoms with Crippen LogP contribution in [0.25, 0.3) is 10.2 Å². The lowest BCUT2D eigenvalue weighted by atomic mass is 9.89. The van der Waals surface area contributed by atoms with Gasteiger partial charge < -0.3 is 9.42 Å². The molecular formula is C21H18N4O2S. The molecule has 6 nitrogen and oxygen atoms in total. The van der Waals surface area contributed by atoms with E-state index < -0.39 is 0 Å². The van der Waals surface area contributed by atoms with Crippen molar-refractivity contribution in [3.8, 4) is 0 Å². The molecule has 140 valence electrons. The molecule has 7 heteroatoms. The maximum absolute atomic E-state index is 13.2. The van der Waals surface area contributed by atoms with Gasteiger partial charge in [0.2, 0.25) is 5.89 Å². The number of carbonyl (C=O) groups is 1. The van der Waals surface area contributed by atoms with Crippen molar-refractivity contribution in [2.75, 3.05) is 13.1 Å². The number of aromatic nitrogens is 3. The fourth-order valence-electron chi connectivity index (χ4n) is 3.82. The Hall–Kier alpha value is -3.06. The van der Waals surface area contributed by atoms with E-state index in [0.29, 0.717) is 29.8 Å². The third kappa shape index (κ3) is 2.97. The molecule has 1 amide bonds. The van der Waals surface area contributed by atoms with Gasteiger partial charge in [0.15, 0.2) is 10.8 Å². The number of carbonyl (C=O) groups excluding carboxylic acids is 1. The highest BCUT2D eigenvalue weighted by molar-refractivity contribution is 7.20. The van der Waals surface area contributed by atoms with Crippen LogP contribution in [0.2, 0.25) is 0 Å². The van der Waals surface area contributed by atoms with Crippen LogP contribution < -0.4 is 0 Å². The quantitative estimate of drug-likeness (QED) is 0.528. The van der Waals surface area contributed by atoms with E-state index in [0.717, 1.165) is 10.2 Å². The SMILES string of the molecule is Cc1noc([C@H]2CN(C(=O)c3nc4ccccc4s3)C[C@@H]2c2ccccc2)n1. The lowest BCUT2D eigenvalue weighted by Crippen LogP contribution is -2.28. The topological polar surface area (TPSA) is 72.1 Å². The summed E-state index contributed by atoms with van der Waals surface area (Å²) in [7, 11) is 0. The summed E-state index contributed by atoms with van der Waals surface area (Å²) in [6.45, 7) is 2.95. The van der Waals surface area contributed by atoms with Gasteiger partial charge in [-0.25, -0.2) is 4.98 Å². The second-order valence-corrected chi connectivity index (χ2v) is 8.03. The number of rotatable bonds is 3. The second-order valence-electron chi connectivity index (χ2n) is 7.00. The maximum atomic E-state index is 13.2. The van der Waals surface area contributed by atoms with Gasteiger partial charge in [-0.3, -0.25) is 4.79 Å². The summed E-state index contributed by atoms with van der Waals surface area (Å²) in [6.07, 6.45) is 0. The van der Waals surface area contributed by atoms with Crippen LogP contribution in [-0.4, -0.2) is 39.0 Å². The summed E-state index contributed by atoms with van der Waals surface area (Å²) in [5.74, 6) is 1.24. The van der Waals surface area contributed by atoms with Crippen LogP contribution in [-0.2, 0) is 0 Å². The fourth-order valence-corrected chi connectivity index (χ4v) is 4.75. The van der Waals surface area contributed by atoms with Crippen LogP contribution in [0.3, 0.4) is 0 Å². The molecule has 2 aromatic carbocycles. The Balaban J connectivity index is 1.48. The molecule has 1 aliphatic heterocycles. The van der Waals surface area contributed by atoms with Gasteiger partial charge in [0, 0.05) is 19.0 Å². The third-order valence-electron chi connectivity index (χ3n) is 5.17. The molecule has 1 aliphatic rings. The first-order chi connectivity index (χ1) is 13.7. The number of thiazole rings is 1. The molecule has 3 heterocycles. The summed E-state index contributed by atoms with van der Waals surface area (Å²) in [5.41, 5.74) is 2.03. The van der Waals surface area contributed by atoms with Crippen molar-refractivity contribution >= 4 is 27.5 Å². The average Bonchev–Trinajstić information content (AvgIpc) is 3.45. The normalized spacial score (nSPS) is 19.4. The lowest BCUT2D eigenvalue weighted by molar-refractivity contribution is 0.0788. The van der Waals surface area contributed by atoms with Gasteiger partial charge in [-0.1, -0.05) is 47.6 Å². The van der Waals surface area contributed by atoms with E-state index in [1.165, 1.54) is 16.9 Å². The van der Waals surface area contributed by atoms with Crippen LogP contribution in [0.5, 0.6) is 0 Å². The standard InChI is InChI=1S/C21H18N4O2S/c1-13-22-19(27-24-13)16-12-25(11-15(16)14-7-3-2-4-8-14)21(26)20-23-17-9-5-6-10-18(17)28-20/h2-10,15-16H,11-12H2,1H3/t15-,16+/m1/s1. The van der Waals surface area contributed by atoms with Crippen molar-refractivity contribution < 1.29 is 9.32 Å². The first kappa shape index (κ1) is 17.1. The Morgan fingerprint density at radius 1 is 1.04 bits per heavy atom. The maximum Gasteiger partial charge on any atom is 0.282 e. The molecule has 1 fully saturated rings. The molecule has 1 saturated heterocycles. The number of hydrogen-bond acceptors (Lipinski definition) is 6. The number of likely N-dealkylation sites (tertiary alicyclic amines) is 1.